The summed E-state index contributed by atoms with van der Waals surface area (Å²) in [5.74, 6) is 0.959. The summed E-state index contributed by atoms with van der Waals surface area (Å²) < 4.78 is 5.84. The number of hydrogen-bond donors (Lipinski definition) is 1. The van der Waals surface area contributed by atoms with Gasteiger partial charge in [-0.15, -0.1) is 0 Å². The Hall–Kier alpha value is -2.29. The van der Waals surface area contributed by atoms with Gasteiger partial charge in [-0.2, -0.15) is 0 Å². The molecule has 0 aliphatic carbocycles. The lowest BCUT2D eigenvalue weighted by molar-refractivity contribution is -0.122. The first-order valence-electron chi connectivity index (χ1n) is 8.14. The van der Waals surface area contributed by atoms with Crippen molar-refractivity contribution in [3.8, 4) is 5.75 Å². The quantitative estimate of drug-likeness (QED) is 0.822. The van der Waals surface area contributed by atoms with Crippen LogP contribution in [0.1, 0.15) is 44.2 Å². The van der Waals surface area contributed by atoms with Crippen molar-refractivity contribution in [3.05, 3.63) is 59.7 Å². The van der Waals surface area contributed by atoms with Crippen molar-refractivity contribution in [1.29, 1.82) is 0 Å². The van der Waals surface area contributed by atoms with Crippen molar-refractivity contribution in [2.45, 2.75) is 46.1 Å². The number of nitrogens with one attached hydrogen (secondary N) is 1. The molecule has 1 atom stereocenters. The van der Waals surface area contributed by atoms with E-state index >= 15 is 0 Å². The third-order valence-electron chi connectivity index (χ3n) is 3.80. The zero-order chi connectivity index (χ0) is 16.8. The molecule has 2 rings (SSSR count). The highest BCUT2D eigenvalue weighted by atomic mass is 16.5. The molecule has 3 heteroatoms. The van der Waals surface area contributed by atoms with Gasteiger partial charge < -0.3 is 10.1 Å². The van der Waals surface area contributed by atoms with Gasteiger partial charge in [0.05, 0.1) is 0 Å². The van der Waals surface area contributed by atoms with Crippen molar-refractivity contribution in [2.24, 2.45) is 0 Å². The van der Waals surface area contributed by atoms with Crippen molar-refractivity contribution < 1.29 is 9.53 Å². The molecule has 0 fully saturated rings. The first-order valence-corrected chi connectivity index (χ1v) is 8.14. The summed E-state index contributed by atoms with van der Waals surface area (Å²) in [6.45, 7) is 8.21. The molecule has 0 radical (unpaired) electrons. The molecule has 0 aliphatic rings. The van der Waals surface area contributed by atoms with E-state index in [2.05, 4.69) is 19.2 Å². The Morgan fingerprint density at radius 3 is 2.35 bits per heavy atom. The van der Waals surface area contributed by atoms with Crippen LogP contribution in [0.2, 0.25) is 0 Å². The lowest BCUT2D eigenvalue weighted by Gasteiger charge is -2.19. The fourth-order valence-electron chi connectivity index (χ4n) is 2.43. The monoisotopic (exact) mass is 311 g/mol. The summed E-state index contributed by atoms with van der Waals surface area (Å²) in [7, 11) is 0. The predicted molar refractivity (Wildman–Crippen MR) is 95.0 cm³/mol. The molecular weight excluding hydrogens is 286 g/mol. The van der Waals surface area contributed by atoms with Gasteiger partial charge in [-0.05, 0) is 43.0 Å². The molecule has 1 N–H and O–H groups in total. The van der Waals surface area contributed by atoms with Gasteiger partial charge in [0.25, 0.3) is 5.91 Å². The third kappa shape index (κ3) is 4.59. The van der Waals surface area contributed by atoms with Gasteiger partial charge in [0, 0.05) is 5.69 Å². The van der Waals surface area contributed by atoms with Crippen LogP contribution < -0.4 is 10.1 Å². The number of anilines is 1. The van der Waals surface area contributed by atoms with Crippen LogP contribution >= 0.6 is 0 Å². The molecule has 23 heavy (non-hydrogen) atoms. The number of carbonyl (C=O) groups is 1. The molecule has 122 valence electrons. The highest BCUT2D eigenvalue weighted by Crippen LogP contribution is 2.24. The van der Waals surface area contributed by atoms with Crippen LogP contribution in [0.5, 0.6) is 5.75 Å². The van der Waals surface area contributed by atoms with Gasteiger partial charge in [-0.3, -0.25) is 4.79 Å². The van der Waals surface area contributed by atoms with E-state index in [1.165, 1.54) is 5.56 Å². The number of benzene rings is 2. The van der Waals surface area contributed by atoms with Gasteiger partial charge in [-0.25, -0.2) is 0 Å². The third-order valence-corrected chi connectivity index (χ3v) is 3.80. The van der Waals surface area contributed by atoms with Crippen LogP contribution in [-0.2, 0) is 4.79 Å². The fourth-order valence-corrected chi connectivity index (χ4v) is 2.43. The summed E-state index contributed by atoms with van der Waals surface area (Å²) in [6, 6.07) is 15.7. The predicted octanol–water partition coefficient (Wildman–Crippen LogP) is 4.91. The van der Waals surface area contributed by atoms with E-state index in [-0.39, 0.29) is 5.91 Å². The highest BCUT2D eigenvalue weighted by molar-refractivity contribution is 5.95. The number of aryl methyl sites for hydroxylation is 1. The number of carbonyl (C=O) groups excluding carboxylic acids is 1. The molecule has 0 saturated heterocycles. The van der Waals surface area contributed by atoms with Gasteiger partial charge in [0.2, 0.25) is 0 Å². The zero-order valence-electron chi connectivity index (χ0n) is 14.3. The maximum atomic E-state index is 12.6. The Morgan fingerprint density at radius 2 is 1.74 bits per heavy atom. The minimum atomic E-state index is -0.502. The Morgan fingerprint density at radius 1 is 1.09 bits per heavy atom. The molecule has 0 unspecified atom stereocenters. The number of amides is 1. The topological polar surface area (TPSA) is 38.3 Å². The van der Waals surface area contributed by atoms with Crippen LogP contribution in [0.15, 0.2) is 48.5 Å². The Bertz CT molecular complexity index is 647. The van der Waals surface area contributed by atoms with E-state index in [9.17, 15) is 4.79 Å². The maximum Gasteiger partial charge on any atom is 0.265 e. The fraction of sp³-hybridized carbons (Fsp3) is 0.350. The largest absolute Gasteiger partial charge is 0.481 e. The number of ether oxygens (including phenoxy) is 1. The average Bonchev–Trinajstić information content (AvgIpc) is 2.54. The Kier molecular flexibility index (Phi) is 5.80. The lowest BCUT2D eigenvalue weighted by atomic mass is 10.0. The van der Waals surface area contributed by atoms with Gasteiger partial charge in [0.15, 0.2) is 6.10 Å². The second-order valence-electron chi connectivity index (χ2n) is 6.06. The van der Waals surface area contributed by atoms with Gasteiger partial charge in [-0.1, -0.05) is 56.7 Å². The second-order valence-corrected chi connectivity index (χ2v) is 6.06. The number of hydrogen-bond acceptors (Lipinski definition) is 2. The zero-order valence-corrected chi connectivity index (χ0v) is 14.3. The van der Waals surface area contributed by atoms with Crippen LogP contribution in [0.25, 0.3) is 0 Å². The van der Waals surface area contributed by atoms with Crippen molar-refractivity contribution >= 4 is 11.6 Å². The molecule has 3 nitrogen and oxygen atoms in total. The second kappa shape index (κ2) is 7.82. The first-order chi connectivity index (χ1) is 11.0. The smallest absolute Gasteiger partial charge is 0.265 e. The molecular formula is C20H25NO2. The van der Waals surface area contributed by atoms with E-state index in [4.69, 9.17) is 4.74 Å². The lowest BCUT2D eigenvalue weighted by Crippen LogP contribution is -2.32. The van der Waals surface area contributed by atoms with Crippen LogP contribution in [0.4, 0.5) is 5.69 Å². The van der Waals surface area contributed by atoms with E-state index in [0.717, 1.165) is 17.0 Å². The van der Waals surface area contributed by atoms with Crippen LogP contribution in [0.3, 0.4) is 0 Å². The maximum absolute atomic E-state index is 12.6. The Labute approximate surface area is 138 Å². The number of para-hydroxylation sites is 1. The first kappa shape index (κ1) is 17.1. The molecule has 0 aliphatic heterocycles. The van der Waals surface area contributed by atoms with E-state index in [0.29, 0.717) is 12.3 Å². The minimum absolute atomic E-state index is 0.110. The Balaban J connectivity index is 2.10. The molecule has 0 heterocycles. The SMILES string of the molecule is CC[C@@H](Oc1ccc(C)cc1)C(=O)Nc1ccccc1C(C)C. The highest BCUT2D eigenvalue weighted by Gasteiger charge is 2.20. The summed E-state index contributed by atoms with van der Waals surface area (Å²) in [4.78, 5) is 12.6. The summed E-state index contributed by atoms with van der Waals surface area (Å²) in [6.07, 6.45) is 0.113. The minimum Gasteiger partial charge on any atom is -0.481 e. The van der Waals surface area contributed by atoms with E-state index in [1.807, 2.05) is 62.4 Å². The van der Waals surface area contributed by atoms with Crippen LogP contribution in [0, 0.1) is 6.92 Å². The summed E-state index contributed by atoms with van der Waals surface area (Å²) >= 11 is 0. The van der Waals surface area contributed by atoms with Gasteiger partial charge in [0.1, 0.15) is 5.75 Å². The molecule has 0 saturated carbocycles. The van der Waals surface area contributed by atoms with E-state index < -0.39 is 6.10 Å². The molecule has 1 amide bonds. The number of rotatable bonds is 6. The molecule has 2 aromatic rings. The van der Waals surface area contributed by atoms with Crippen molar-refractivity contribution in [2.75, 3.05) is 5.32 Å². The van der Waals surface area contributed by atoms with Crippen LogP contribution in [-0.4, -0.2) is 12.0 Å². The van der Waals surface area contributed by atoms with Crippen molar-refractivity contribution in [3.63, 3.8) is 0 Å². The molecule has 0 aromatic heterocycles. The summed E-state index contributed by atoms with van der Waals surface area (Å²) in [5, 5.41) is 3.01. The molecule has 0 spiro atoms. The van der Waals surface area contributed by atoms with Crippen molar-refractivity contribution in [1.82, 2.24) is 0 Å². The molecule has 2 aromatic carbocycles. The molecule has 0 bridgehead atoms. The van der Waals surface area contributed by atoms with Gasteiger partial charge >= 0.3 is 0 Å². The normalized spacial score (nSPS) is 12.0. The van der Waals surface area contributed by atoms with E-state index in [1.54, 1.807) is 0 Å². The summed E-state index contributed by atoms with van der Waals surface area (Å²) in [5.41, 5.74) is 3.16. The standard InChI is InChI=1S/C20H25NO2/c1-5-19(23-16-12-10-15(4)11-13-16)20(22)21-18-9-7-6-8-17(18)14(2)3/h6-14,19H,5H2,1-4H3,(H,21,22)/t19-/m1/s1. The average molecular weight is 311 g/mol.